The van der Waals surface area contributed by atoms with Crippen molar-refractivity contribution in [3.05, 3.63) is 34.8 Å². The monoisotopic (exact) mass is 511 g/mol. The number of aliphatic hydroxyl groups is 1. The van der Waals surface area contributed by atoms with E-state index in [0.717, 1.165) is 24.8 Å². The molecule has 3 amide bonds. The van der Waals surface area contributed by atoms with Crippen molar-refractivity contribution in [1.82, 2.24) is 15.2 Å². The second-order valence-corrected chi connectivity index (χ2v) is 9.89. The second kappa shape index (κ2) is 10.0. The SMILES string of the molecule is CCOc1nc(N2CCN(C(C)=O)CC2)c(CCO)cc1NC(=O)c1coc2c1C(=O)NC1(CCC1)C2. The fourth-order valence-corrected chi connectivity index (χ4v) is 5.37. The molecule has 0 bridgehead atoms. The second-order valence-electron chi connectivity index (χ2n) is 9.89. The third-order valence-electron chi connectivity index (χ3n) is 7.51. The van der Waals surface area contributed by atoms with Crippen LogP contribution in [0.2, 0.25) is 0 Å². The van der Waals surface area contributed by atoms with Gasteiger partial charge in [0.05, 0.1) is 17.7 Å². The number of hydrogen-bond donors (Lipinski definition) is 3. The molecule has 0 unspecified atom stereocenters. The molecular weight excluding hydrogens is 478 g/mol. The Morgan fingerprint density at radius 2 is 2.03 bits per heavy atom. The molecule has 1 saturated carbocycles. The molecule has 2 aromatic rings. The Morgan fingerprint density at radius 3 is 2.65 bits per heavy atom. The molecule has 11 heteroatoms. The maximum absolute atomic E-state index is 13.3. The first kappa shape index (κ1) is 25.1. The van der Waals surface area contributed by atoms with Crippen molar-refractivity contribution < 1.29 is 28.6 Å². The Kier molecular flexibility index (Phi) is 6.80. The van der Waals surface area contributed by atoms with Gasteiger partial charge in [0.25, 0.3) is 11.8 Å². The zero-order valence-corrected chi connectivity index (χ0v) is 21.3. The number of nitrogens with one attached hydrogen (secondary N) is 2. The third-order valence-corrected chi connectivity index (χ3v) is 7.51. The summed E-state index contributed by atoms with van der Waals surface area (Å²) in [4.78, 5) is 46.5. The van der Waals surface area contributed by atoms with E-state index >= 15 is 0 Å². The molecule has 0 aromatic carbocycles. The van der Waals surface area contributed by atoms with Gasteiger partial charge in [-0.3, -0.25) is 14.4 Å². The molecule has 3 aliphatic rings. The van der Waals surface area contributed by atoms with Gasteiger partial charge < -0.3 is 34.7 Å². The van der Waals surface area contributed by atoms with Crippen LogP contribution in [0.25, 0.3) is 0 Å². The number of fused-ring (bicyclic) bond motifs is 1. The first-order valence-electron chi connectivity index (χ1n) is 12.9. The lowest BCUT2D eigenvalue weighted by molar-refractivity contribution is -0.129. The Bertz CT molecular complexity index is 1210. The van der Waals surface area contributed by atoms with Crippen molar-refractivity contribution >= 4 is 29.2 Å². The summed E-state index contributed by atoms with van der Waals surface area (Å²) in [6.45, 7) is 5.97. The summed E-state index contributed by atoms with van der Waals surface area (Å²) in [6, 6.07) is 1.76. The number of amides is 3. The van der Waals surface area contributed by atoms with Gasteiger partial charge in [0.15, 0.2) is 0 Å². The standard InChI is InChI=1S/C26H33N5O6/c1-3-36-25-19(13-17(5-12-32)22(28-25)31-10-8-30(9-11-31)16(2)33)27-23(34)18-15-37-20-14-26(6-4-7-26)29-24(35)21(18)20/h13,15,32H,3-12,14H2,1-2H3,(H,27,34)(H,29,35). The molecule has 0 atom stereocenters. The molecule has 11 nitrogen and oxygen atoms in total. The van der Waals surface area contributed by atoms with Gasteiger partial charge in [0, 0.05) is 51.7 Å². The number of ether oxygens (including phenoxy) is 1. The van der Waals surface area contributed by atoms with E-state index in [9.17, 15) is 19.5 Å². The first-order valence-corrected chi connectivity index (χ1v) is 12.9. The Morgan fingerprint density at radius 1 is 1.27 bits per heavy atom. The largest absolute Gasteiger partial charge is 0.476 e. The van der Waals surface area contributed by atoms with Crippen LogP contribution in [0.1, 0.15) is 65.1 Å². The van der Waals surface area contributed by atoms with Crippen molar-refractivity contribution in [1.29, 1.82) is 0 Å². The third kappa shape index (κ3) is 4.75. The number of rotatable bonds is 7. The number of furan rings is 1. The van der Waals surface area contributed by atoms with E-state index in [2.05, 4.69) is 15.5 Å². The summed E-state index contributed by atoms with van der Waals surface area (Å²) in [7, 11) is 0. The molecule has 2 fully saturated rings. The minimum absolute atomic E-state index is 0.0363. The van der Waals surface area contributed by atoms with E-state index in [-0.39, 0.29) is 41.0 Å². The lowest BCUT2D eigenvalue weighted by Crippen LogP contribution is -2.57. The van der Waals surface area contributed by atoms with E-state index in [1.54, 1.807) is 17.9 Å². The fourth-order valence-electron chi connectivity index (χ4n) is 5.37. The summed E-state index contributed by atoms with van der Waals surface area (Å²) >= 11 is 0. The summed E-state index contributed by atoms with van der Waals surface area (Å²) in [6.07, 6.45) is 5.13. The van der Waals surface area contributed by atoms with Gasteiger partial charge >= 0.3 is 0 Å². The summed E-state index contributed by atoms with van der Waals surface area (Å²) in [5, 5.41) is 15.6. The van der Waals surface area contributed by atoms with Gasteiger partial charge in [-0.2, -0.15) is 4.98 Å². The molecule has 1 saturated heterocycles. The number of aromatic nitrogens is 1. The average Bonchev–Trinajstić information content (AvgIpc) is 3.29. The van der Waals surface area contributed by atoms with Crippen LogP contribution in [-0.2, 0) is 17.6 Å². The van der Waals surface area contributed by atoms with Crippen molar-refractivity contribution in [3.8, 4) is 5.88 Å². The van der Waals surface area contributed by atoms with Gasteiger partial charge in [-0.15, -0.1) is 0 Å². The number of aliphatic hydroxyl groups excluding tert-OH is 1. The summed E-state index contributed by atoms with van der Waals surface area (Å²) in [5.41, 5.74) is 1.29. The highest BCUT2D eigenvalue weighted by atomic mass is 16.5. The minimum Gasteiger partial charge on any atom is -0.476 e. The normalized spacial score (nSPS) is 18.2. The van der Waals surface area contributed by atoms with E-state index < -0.39 is 5.91 Å². The number of piperazine rings is 1. The first-order chi connectivity index (χ1) is 17.8. The van der Waals surface area contributed by atoms with Gasteiger partial charge in [-0.1, -0.05) is 0 Å². The van der Waals surface area contributed by atoms with Crippen LogP contribution in [0.15, 0.2) is 16.7 Å². The fraction of sp³-hybridized carbons (Fsp3) is 0.538. The quantitative estimate of drug-likeness (QED) is 0.511. The number of anilines is 2. The van der Waals surface area contributed by atoms with E-state index in [0.29, 0.717) is 62.9 Å². The predicted molar refractivity (Wildman–Crippen MR) is 135 cm³/mol. The number of hydrogen-bond acceptors (Lipinski definition) is 8. The molecule has 5 rings (SSSR count). The maximum Gasteiger partial charge on any atom is 0.259 e. The Labute approximate surface area is 215 Å². The van der Waals surface area contributed by atoms with Gasteiger partial charge in [-0.05, 0) is 44.2 Å². The lowest BCUT2D eigenvalue weighted by atomic mass is 9.71. The van der Waals surface area contributed by atoms with Crippen LogP contribution in [0, 0.1) is 0 Å². The van der Waals surface area contributed by atoms with Crippen LogP contribution in [-0.4, -0.2) is 77.6 Å². The maximum atomic E-state index is 13.3. The van der Waals surface area contributed by atoms with Crippen LogP contribution < -0.4 is 20.3 Å². The minimum atomic E-state index is -0.495. The number of nitrogens with zero attached hydrogens (tertiary/aromatic N) is 3. The molecule has 0 radical (unpaired) electrons. The van der Waals surface area contributed by atoms with Gasteiger partial charge in [-0.25, -0.2) is 0 Å². The van der Waals surface area contributed by atoms with Crippen molar-refractivity contribution in [2.24, 2.45) is 0 Å². The molecule has 2 aliphatic heterocycles. The molecule has 1 spiro atoms. The number of carbonyl (C=O) groups excluding carboxylic acids is 3. The molecule has 198 valence electrons. The van der Waals surface area contributed by atoms with Crippen LogP contribution in [0.3, 0.4) is 0 Å². The van der Waals surface area contributed by atoms with E-state index in [1.807, 2.05) is 6.92 Å². The lowest BCUT2D eigenvalue weighted by Gasteiger charge is -2.44. The summed E-state index contributed by atoms with van der Waals surface area (Å²) in [5.74, 6) is 0.697. The van der Waals surface area contributed by atoms with Gasteiger partial charge in [0.2, 0.25) is 11.8 Å². The smallest absolute Gasteiger partial charge is 0.259 e. The zero-order chi connectivity index (χ0) is 26.2. The number of pyridine rings is 1. The molecule has 2 aromatic heterocycles. The molecule has 3 N–H and O–H groups in total. The molecule has 37 heavy (non-hydrogen) atoms. The Hall–Kier alpha value is -3.60. The van der Waals surface area contributed by atoms with Crippen LogP contribution in [0.5, 0.6) is 5.88 Å². The topological polar surface area (TPSA) is 137 Å². The van der Waals surface area contributed by atoms with E-state index in [4.69, 9.17) is 14.1 Å². The van der Waals surface area contributed by atoms with E-state index in [1.165, 1.54) is 6.26 Å². The van der Waals surface area contributed by atoms with Crippen molar-refractivity contribution in [3.63, 3.8) is 0 Å². The average molecular weight is 512 g/mol. The summed E-state index contributed by atoms with van der Waals surface area (Å²) < 4.78 is 11.5. The Balaban J connectivity index is 1.41. The zero-order valence-electron chi connectivity index (χ0n) is 21.3. The number of carbonyl (C=O) groups is 3. The molecule has 1 aliphatic carbocycles. The highest BCUT2D eigenvalue weighted by Crippen LogP contribution is 2.40. The molecular formula is C26H33N5O6. The van der Waals surface area contributed by atoms with Gasteiger partial charge in [0.1, 0.15) is 23.5 Å². The predicted octanol–water partition coefficient (Wildman–Crippen LogP) is 1.74. The van der Waals surface area contributed by atoms with Crippen molar-refractivity contribution in [2.75, 3.05) is 49.6 Å². The van der Waals surface area contributed by atoms with Crippen LogP contribution in [0.4, 0.5) is 11.5 Å². The van der Waals surface area contributed by atoms with Crippen molar-refractivity contribution in [2.45, 2.75) is 51.5 Å². The van der Waals surface area contributed by atoms with Crippen LogP contribution >= 0.6 is 0 Å². The molecule has 4 heterocycles. The highest BCUT2D eigenvalue weighted by molar-refractivity contribution is 6.13. The highest BCUT2D eigenvalue weighted by Gasteiger charge is 2.45.